The molecule has 0 radical (unpaired) electrons. The Balaban J connectivity index is 2.01. The second-order valence-electron chi connectivity index (χ2n) is 9.98. The molecule has 0 heterocycles. The summed E-state index contributed by atoms with van der Waals surface area (Å²) in [5, 5.41) is 18.9. The molecule has 6 nitrogen and oxygen atoms in total. The Bertz CT molecular complexity index is 693. The van der Waals surface area contributed by atoms with Crippen LogP contribution in [0.1, 0.15) is 121 Å². The highest BCUT2D eigenvalue weighted by atomic mass is 16.5. The van der Waals surface area contributed by atoms with E-state index in [0.29, 0.717) is 30.3 Å². The number of hydrogen-bond acceptors (Lipinski definition) is 6. The van der Waals surface area contributed by atoms with Crippen molar-refractivity contribution >= 4 is 0 Å². The van der Waals surface area contributed by atoms with Gasteiger partial charge in [0.2, 0.25) is 0 Å². The van der Waals surface area contributed by atoms with Crippen molar-refractivity contribution in [1.29, 1.82) is 5.26 Å². The maximum atomic E-state index is 9.63. The Morgan fingerprint density at radius 2 is 1.22 bits per heavy atom. The Hall–Kier alpha value is -1.81. The summed E-state index contributed by atoms with van der Waals surface area (Å²) in [6, 6.07) is 5.61. The predicted octanol–water partition coefficient (Wildman–Crippen LogP) is 7.73. The van der Waals surface area contributed by atoms with Gasteiger partial charge in [-0.2, -0.15) is 5.26 Å². The van der Waals surface area contributed by atoms with Crippen molar-refractivity contribution < 1.29 is 24.1 Å². The second-order valence-corrected chi connectivity index (χ2v) is 9.98. The second kappa shape index (κ2) is 23.3. The summed E-state index contributed by atoms with van der Waals surface area (Å²) in [7, 11) is 3.03. The van der Waals surface area contributed by atoms with Crippen molar-refractivity contribution in [1.82, 2.24) is 0 Å². The van der Waals surface area contributed by atoms with Gasteiger partial charge in [-0.05, 0) is 24.1 Å². The van der Waals surface area contributed by atoms with Crippen LogP contribution in [0.15, 0.2) is 12.1 Å². The highest BCUT2D eigenvalue weighted by molar-refractivity contribution is 5.55. The smallest absolute Gasteiger partial charge is 0.140 e. The summed E-state index contributed by atoms with van der Waals surface area (Å²) in [5.74, 6) is 0.890. The Morgan fingerprint density at radius 3 is 1.62 bits per heavy atom. The van der Waals surface area contributed by atoms with E-state index in [2.05, 4.69) is 13.0 Å². The Labute approximate surface area is 226 Å². The SMILES string of the molecule is CCCCCCCCCCCCCCCCCCOCC(CO)OCc1cc(OC)c(C#N)c(OC)c1. The van der Waals surface area contributed by atoms with E-state index in [-0.39, 0.29) is 13.2 Å². The van der Waals surface area contributed by atoms with Gasteiger partial charge in [0, 0.05) is 6.61 Å². The molecule has 1 atom stereocenters. The maximum absolute atomic E-state index is 9.63. The van der Waals surface area contributed by atoms with E-state index in [1.54, 1.807) is 12.1 Å². The molecule has 0 bridgehead atoms. The maximum Gasteiger partial charge on any atom is 0.140 e. The molecule has 0 aliphatic carbocycles. The summed E-state index contributed by atoms with van der Waals surface area (Å²) in [5.41, 5.74) is 1.17. The summed E-state index contributed by atoms with van der Waals surface area (Å²) in [6.07, 6.45) is 21.2. The molecule has 0 amide bonds. The molecule has 1 aromatic rings. The third kappa shape index (κ3) is 15.9. The number of nitrogens with zero attached hydrogens (tertiary/aromatic N) is 1. The van der Waals surface area contributed by atoms with Crippen molar-refractivity contribution in [3.63, 3.8) is 0 Å². The van der Waals surface area contributed by atoms with Crippen LogP contribution in [-0.2, 0) is 16.1 Å². The third-order valence-corrected chi connectivity index (χ3v) is 6.81. The predicted molar refractivity (Wildman–Crippen MR) is 150 cm³/mol. The molecule has 0 aliphatic rings. The summed E-state index contributed by atoms with van der Waals surface area (Å²) in [4.78, 5) is 0. The molecule has 0 aromatic heterocycles. The number of aliphatic hydroxyl groups is 1. The fourth-order valence-corrected chi connectivity index (χ4v) is 4.49. The number of hydrogen-bond donors (Lipinski definition) is 1. The van der Waals surface area contributed by atoms with Gasteiger partial charge in [-0.25, -0.2) is 0 Å². The van der Waals surface area contributed by atoms with Gasteiger partial charge in [-0.15, -0.1) is 0 Å². The van der Waals surface area contributed by atoms with Crippen LogP contribution in [0.4, 0.5) is 0 Å². The molecule has 1 rings (SSSR count). The van der Waals surface area contributed by atoms with Gasteiger partial charge in [-0.1, -0.05) is 103 Å². The zero-order valence-electron chi connectivity index (χ0n) is 23.9. The summed E-state index contributed by atoms with van der Waals surface area (Å²) in [6.45, 7) is 3.49. The number of methoxy groups -OCH3 is 2. The van der Waals surface area contributed by atoms with E-state index in [1.807, 2.05) is 0 Å². The highest BCUT2D eigenvalue weighted by Gasteiger charge is 2.14. The molecule has 1 unspecified atom stereocenters. The molecule has 212 valence electrons. The molecule has 1 aromatic carbocycles. The van der Waals surface area contributed by atoms with Crippen LogP contribution in [0, 0.1) is 11.3 Å². The van der Waals surface area contributed by atoms with E-state index < -0.39 is 6.10 Å². The van der Waals surface area contributed by atoms with E-state index in [0.717, 1.165) is 12.0 Å². The van der Waals surface area contributed by atoms with Crippen LogP contribution in [0.3, 0.4) is 0 Å². The minimum atomic E-state index is -0.395. The van der Waals surface area contributed by atoms with Gasteiger partial charge >= 0.3 is 0 Å². The lowest BCUT2D eigenvalue weighted by Crippen LogP contribution is -2.24. The quantitative estimate of drug-likeness (QED) is 0.133. The van der Waals surface area contributed by atoms with Crippen LogP contribution in [0.5, 0.6) is 11.5 Å². The lowest BCUT2D eigenvalue weighted by Gasteiger charge is -2.17. The van der Waals surface area contributed by atoms with E-state index >= 15 is 0 Å². The third-order valence-electron chi connectivity index (χ3n) is 6.81. The summed E-state index contributed by atoms with van der Waals surface area (Å²) >= 11 is 0. The topological polar surface area (TPSA) is 80.9 Å². The number of nitriles is 1. The van der Waals surface area contributed by atoms with E-state index in [9.17, 15) is 10.4 Å². The Morgan fingerprint density at radius 1 is 0.757 bits per heavy atom. The molecule has 0 fully saturated rings. The molecule has 0 aliphatic heterocycles. The van der Waals surface area contributed by atoms with Crippen LogP contribution < -0.4 is 9.47 Å². The molecule has 0 saturated heterocycles. The molecule has 0 spiro atoms. The first kappa shape index (κ1) is 33.2. The zero-order valence-corrected chi connectivity index (χ0v) is 23.9. The van der Waals surface area contributed by atoms with Crippen molar-refractivity contribution in [3.8, 4) is 17.6 Å². The standard InChI is InChI=1S/C31H53NO5/c1-4-5-6-7-8-9-10-11-12-13-14-15-16-17-18-19-20-36-26-28(24-33)37-25-27-21-30(34-2)29(23-32)31(22-27)35-3/h21-22,28,33H,4-20,24-26H2,1-3H3. The first-order valence-electron chi connectivity index (χ1n) is 14.6. The normalized spacial score (nSPS) is 11.9. The number of aliphatic hydroxyl groups excluding tert-OH is 1. The average Bonchev–Trinajstić information content (AvgIpc) is 2.93. The molecular weight excluding hydrogens is 466 g/mol. The molecular formula is C31H53NO5. The van der Waals surface area contributed by atoms with Gasteiger partial charge < -0.3 is 24.1 Å². The van der Waals surface area contributed by atoms with Crippen molar-refractivity contribution in [2.75, 3.05) is 34.0 Å². The molecule has 6 heteroatoms. The van der Waals surface area contributed by atoms with E-state index in [4.69, 9.17) is 18.9 Å². The largest absolute Gasteiger partial charge is 0.495 e. The monoisotopic (exact) mass is 519 g/mol. The van der Waals surface area contributed by atoms with Crippen LogP contribution >= 0.6 is 0 Å². The van der Waals surface area contributed by atoms with Gasteiger partial charge in [0.05, 0.1) is 34.0 Å². The average molecular weight is 520 g/mol. The number of ether oxygens (including phenoxy) is 4. The fourth-order valence-electron chi connectivity index (χ4n) is 4.49. The first-order valence-corrected chi connectivity index (χ1v) is 14.6. The zero-order chi connectivity index (χ0) is 27.0. The number of unbranched alkanes of at least 4 members (excludes halogenated alkanes) is 15. The molecule has 1 N–H and O–H groups in total. The first-order chi connectivity index (χ1) is 18.2. The van der Waals surface area contributed by atoms with E-state index in [1.165, 1.54) is 111 Å². The Kier molecular flexibility index (Phi) is 20.9. The number of benzene rings is 1. The lowest BCUT2D eigenvalue weighted by atomic mass is 10.0. The van der Waals surface area contributed by atoms with Gasteiger partial charge in [0.25, 0.3) is 0 Å². The van der Waals surface area contributed by atoms with Crippen LogP contribution in [0.2, 0.25) is 0 Å². The highest BCUT2D eigenvalue weighted by Crippen LogP contribution is 2.30. The minimum Gasteiger partial charge on any atom is -0.495 e. The van der Waals surface area contributed by atoms with Crippen LogP contribution in [-0.4, -0.2) is 45.3 Å². The van der Waals surface area contributed by atoms with Gasteiger partial charge in [-0.3, -0.25) is 0 Å². The van der Waals surface area contributed by atoms with Crippen molar-refractivity contribution in [2.45, 2.75) is 122 Å². The van der Waals surface area contributed by atoms with Gasteiger partial charge in [0.1, 0.15) is 29.2 Å². The number of rotatable bonds is 25. The van der Waals surface area contributed by atoms with Crippen molar-refractivity contribution in [2.24, 2.45) is 0 Å². The molecule has 0 saturated carbocycles. The van der Waals surface area contributed by atoms with Crippen LogP contribution in [0.25, 0.3) is 0 Å². The fraction of sp³-hybridized carbons (Fsp3) is 0.774. The lowest BCUT2D eigenvalue weighted by molar-refractivity contribution is -0.0503. The van der Waals surface area contributed by atoms with Crippen molar-refractivity contribution in [3.05, 3.63) is 23.3 Å². The summed E-state index contributed by atoms with van der Waals surface area (Å²) < 4.78 is 22.1. The minimum absolute atomic E-state index is 0.108. The van der Waals surface area contributed by atoms with Gasteiger partial charge in [0.15, 0.2) is 0 Å². The molecule has 37 heavy (non-hydrogen) atoms.